The van der Waals surface area contributed by atoms with E-state index in [1.807, 2.05) is 7.05 Å². The number of hydrogen-bond acceptors (Lipinski definition) is 4. The van der Waals surface area contributed by atoms with E-state index in [0.717, 1.165) is 65.0 Å². The van der Waals surface area contributed by atoms with Gasteiger partial charge in [-0.2, -0.15) is 0 Å². The van der Waals surface area contributed by atoms with Crippen LogP contribution in [0.5, 0.6) is 0 Å². The van der Waals surface area contributed by atoms with Crippen molar-refractivity contribution >= 4 is 29.9 Å². The molecule has 148 valence electrons. The Morgan fingerprint density at radius 3 is 2.52 bits per heavy atom. The molecule has 0 amide bonds. The van der Waals surface area contributed by atoms with Crippen LogP contribution < -0.4 is 5.32 Å². The molecule has 25 heavy (non-hydrogen) atoms. The average molecular weight is 467 g/mol. The number of nitrogens with zero attached hydrogens (tertiary/aromatic N) is 4. The molecule has 0 aromatic carbocycles. The summed E-state index contributed by atoms with van der Waals surface area (Å²) in [5.74, 6) is 1.08. The highest BCUT2D eigenvalue weighted by molar-refractivity contribution is 14.0. The number of guanidine groups is 1. The van der Waals surface area contributed by atoms with Crippen molar-refractivity contribution < 1.29 is 4.74 Å². The lowest BCUT2D eigenvalue weighted by Gasteiger charge is -2.32. The molecular weight excluding hydrogens is 429 g/mol. The van der Waals surface area contributed by atoms with Crippen LogP contribution in [0.15, 0.2) is 4.99 Å². The zero-order chi connectivity index (χ0) is 17.2. The fourth-order valence-electron chi connectivity index (χ4n) is 3.71. The molecule has 0 saturated carbocycles. The zero-order valence-electron chi connectivity index (χ0n) is 16.4. The van der Waals surface area contributed by atoms with E-state index in [2.05, 4.69) is 38.9 Å². The lowest BCUT2D eigenvalue weighted by Crippen LogP contribution is -2.46. The number of nitrogens with one attached hydrogen (secondary N) is 1. The van der Waals surface area contributed by atoms with Crippen molar-refractivity contribution in [2.24, 2.45) is 4.99 Å². The first-order valence-electron chi connectivity index (χ1n) is 9.78. The van der Waals surface area contributed by atoms with E-state index < -0.39 is 0 Å². The smallest absolute Gasteiger partial charge is 0.193 e. The van der Waals surface area contributed by atoms with Gasteiger partial charge in [0.2, 0.25) is 0 Å². The second kappa shape index (κ2) is 13.1. The minimum Gasteiger partial charge on any atom is -0.379 e. The van der Waals surface area contributed by atoms with Crippen molar-refractivity contribution in [1.29, 1.82) is 0 Å². The van der Waals surface area contributed by atoms with Crippen LogP contribution in [-0.2, 0) is 4.74 Å². The Morgan fingerprint density at radius 1 is 1.16 bits per heavy atom. The first-order chi connectivity index (χ1) is 11.8. The van der Waals surface area contributed by atoms with Gasteiger partial charge in [-0.25, -0.2) is 0 Å². The quantitative estimate of drug-likeness (QED) is 0.255. The van der Waals surface area contributed by atoms with E-state index in [1.54, 1.807) is 0 Å². The maximum absolute atomic E-state index is 5.47. The van der Waals surface area contributed by atoms with Gasteiger partial charge < -0.3 is 19.9 Å². The molecule has 1 atom stereocenters. The maximum atomic E-state index is 5.47. The van der Waals surface area contributed by atoms with Gasteiger partial charge in [0.15, 0.2) is 5.96 Å². The number of morpholine rings is 1. The van der Waals surface area contributed by atoms with E-state index in [1.165, 1.54) is 25.8 Å². The fraction of sp³-hybridized carbons (Fsp3) is 0.944. The Hall–Kier alpha value is -0.120. The third kappa shape index (κ3) is 7.56. The number of unbranched alkanes of at least 4 members (excludes halogenated alkanes) is 1. The minimum absolute atomic E-state index is 0. The third-order valence-electron chi connectivity index (χ3n) is 5.32. The Kier molecular flexibility index (Phi) is 12.0. The minimum atomic E-state index is 0. The summed E-state index contributed by atoms with van der Waals surface area (Å²) in [6.07, 6.45) is 3.70. The number of likely N-dealkylation sites (tertiary alicyclic amines) is 1. The van der Waals surface area contributed by atoms with Crippen LogP contribution in [-0.4, -0.2) is 99.3 Å². The van der Waals surface area contributed by atoms with Gasteiger partial charge in [-0.05, 0) is 38.9 Å². The lowest BCUT2D eigenvalue weighted by molar-refractivity contribution is 0.0195. The standard InChI is InChI=1S/C18H37N5O.HI/c1-4-21(5-2)10-7-6-9-20-18(19-3)23-11-8-17(16-23)22-12-14-24-15-13-22;/h17H,4-16H2,1-3H3,(H,19,20);1H. The van der Waals surface area contributed by atoms with Gasteiger partial charge in [-0.1, -0.05) is 13.8 Å². The molecule has 0 spiro atoms. The molecule has 0 bridgehead atoms. The summed E-state index contributed by atoms with van der Waals surface area (Å²) in [5.41, 5.74) is 0. The van der Waals surface area contributed by atoms with E-state index in [0.29, 0.717) is 6.04 Å². The van der Waals surface area contributed by atoms with Crippen LogP contribution in [0.25, 0.3) is 0 Å². The van der Waals surface area contributed by atoms with Crippen LogP contribution in [0, 0.1) is 0 Å². The van der Waals surface area contributed by atoms with Crippen LogP contribution in [0.3, 0.4) is 0 Å². The lowest BCUT2D eigenvalue weighted by atomic mass is 10.2. The first kappa shape index (κ1) is 22.9. The molecule has 2 aliphatic rings. The van der Waals surface area contributed by atoms with E-state index in [4.69, 9.17) is 4.74 Å². The van der Waals surface area contributed by atoms with Gasteiger partial charge in [-0.3, -0.25) is 9.89 Å². The molecule has 1 N–H and O–H groups in total. The Bertz CT molecular complexity index is 372. The van der Waals surface area contributed by atoms with Gasteiger partial charge in [0.1, 0.15) is 0 Å². The van der Waals surface area contributed by atoms with E-state index >= 15 is 0 Å². The summed E-state index contributed by atoms with van der Waals surface area (Å²) in [4.78, 5) is 12.0. The van der Waals surface area contributed by atoms with E-state index in [-0.39, 0.29) is 24.0 Å². The van der Waals surface area contributed by atoms with Crippen molar-refractivity contribution in [3.8, 4) is 0 Å². The van der Waals surface area contributed by atoms with Crippen LogP contribution in [0.1, 0.15) is 33.1 Å². The zero-order valence-corrected chi connectivity index (χ0v) is 18.7. The third-order valence-corrected chi connectivity index (χ3v) is 5.32. The summed E-state index contributed by atoms with van der Waals surface area (Å²) in [7, 11) is 1.90. The number of rotatable bonds is 8. The molecule has 0 aromatic heterocycles. The molecule has 7 heteroatoms. The van der Waals surface area contributed by atoms with Crippen molar-refractivity contribution in [2.75, 3.05) is 72.6 Å². The summed E-state index contributed by atoms with van der Waals surface area (Å²) in [5, 5.41) is 3.56. The maximum Gasteiger partial charge on any atom is 0.193 e. The van der Waals surface area contributed by atoms with Gasteiger partial charge in [0.25, 0.3) is 0 Å². The largest absolute Gasteiger partial charge is 0.379 e. The van der Waals surface area contributed by atoms with Crippen molar-refractivity contribution in [3.05, 3.63) is 0 Å². The summed E-state index contributed by atoms with van der Waals surface area (Å²) < 4.78 is 5.47. The van der Waals surface area contributed by atoms with Crippen molar-refractivity contribution in [2.45, 2.75) is 39.2 Å². The molecule has 6 nitrogen and oxygen atoms in total. The van der Waals surface area contributed by atoms with Gasteiger partial charge in [0.05, 0.1) is 13.2 Å². The summed E-state index contributed by atoms with van der Waals surface area (Å²) in [6, 6.07) is 0.662. The second-order valence-corrected chi connectivity index (χ2v) is 6.74. The molecule has 0 aromatic rings. The molecule has 2 rings (SSSR count). The summed E-state index contributed by atoms with van der Waals surface area (Å²) in [6.45, 7) is 15.1. The van der Waals surface area contributed by atoms with Crippen LogP contribution in [0.4, 0.5) is 0 Å². The van der Waals surface area contributed by atoms with E-state index in [9.17, 15) is 0 Å². The predicted octanol–water partition coefficient (Wildman–Crippen LogP) is 1.71. The average Bonchev–Trinajstić information content (AvgIpc) is 3.12. The SMILES string of the molecule is CCN(CC)CCCCNC(=NC)N1CCC(N2CCOCC2)C1.I. The highest BCUT2D eigenvalue weighted by Crippen LogP contribution is 2.17. The molecule has 2 fully saturated rings. The van der Waals surface area contributed by atoms with Crippen molar-refractivity contribution in [3.63, 3.8) is 0 Å². The number of hydrogen-bond donors (Lipinski definition) is 1. The first-order valence-corrected chi connectivity index (χ1v) is 9.78. The van der Waals surface area contributed by atoms with Crippen LogP contribution in [0.2, 0.25) is 0 Å². The molecular formula is C18H38IN5O. The Labute approximate surface area is 171 Å². The fourth-order valence-corrected chi connectivity index (χ4v) is 3.71. The molecule has 2 saturated heterocycles. The Balaban J connectivity index is 0.00000312. The second-order valence-electron chi connectivity index (χ2n) is 6.74. The monoisotopic (exact) mass is 467 g/mol. The topological polar surface area (TPSA) is 43.3 Å². The molecule has 0 aliphatic carbocycles. The molecule has 2 heterocycles. The van der Waals surface area contributed by atoms with Gasteiger partial charge in [0, 0.05) is 45.8 Å². The highest BCUT2D eigenvalue weighted by atomic mass is 127. The molecule has 2 aliphatic heterocycles. The number of ether oxygens (including phenoxy) is 1. The number of halogens is 1. The normalized spacial score (nSPS) is 22.3. The van der Waals surface area contributed by atoms with Gasteiger partial charge in [-0.15, -0.1) is 24.0 Å². The van der Waals surface area contributed by atoms with Gasteiger partial charge >= 0.3 is 0 Å². The Morgan fingerprint density at radius 2 is 1.88 bits per heavy atom. The van der Waals surface area contributed by atoms with Crippen LogP contribution >= 0.6 is 24.0 Å². The molecule has 0 radical (unpaired) electrons. The predicted molar refractivity (Wildman–Crippen MR) is 116 cm³/mol. The summed E-state index contributed by atoms with van der Waals surface area (Å²) >= 11 is 0. The highest BCUT2D eigenvalue weighted by Gasteiger charge is 2.30. The number of aliphatic imine (C=N–C) groups is 1. The molecule has 1 unspecified atom stereocenters. The van der Waals surface area contributed by atoms with Crippen molar-refractivity contribution in [1.82, 2.24) is 20.0 Å².